The van der Waals surface area contributed by atoms with Crippen LogP contribution in [-0.4, -0.2) is 61.6 Å². The molecule has 6 nitrogen and oxygen atoms in total. The van der Waals surface area contributed by atoms with Crippen LogP contribution in [-0.2, 0) is 0 Å². The maximum absolute atomic E-state index is 13.1. The lowest BCUT2D eigenvalue weighted by molar-refractivity contribution is 0.0763. The lowest BCUT2D eigenvalue weighted by Gasteiger charge is -2.27. The van der Waals surface area contributed by atoms with E-state index < -0.39 is 0 Å². The molecule has 0 spiro atoms. The molecule has 2 fully saturated rings. The second-order valence-corrected chi connectivity index (χ2v) is 7.34. The summed E-state index contributed by atoms with van der Waals surface area (Å²) in [6.45, 7) is 2.53. The zero-order valence-electron chi connectivity index (χ0n) is 16.4. The summed E-state index contributed by atoms with van der Waals surface area (Å²) in [6.07, 6.45) is 0. The Morgan fingerprint density at radius 3 is 2.46 bits per heavy atom. The predicted octanol–water partition coefficient (Wildman–Crippen LogP) is 2.90. The molecule has 4 rings (SSSR count). The van der Waals surface area contributed by atoms with E-state index in [2.05, 4.69) is 41.2 Å². The number of ether oxygens (including phenoxy) is 2. The van der Waals surface area contributed by atoms with Crippen LogP contribution in [0.2, 0.25) is 0 Å². The van der Waals surface area contributed by atoms with Crippen LogP contribution in [0, 0.1) is 11.8 Å². The first-order chi connectivity index (χ1) is 13.1. The number of carbonyl (C=O) groups excluding carboxylic acids is 1. The van der Waals surface area contributed by atoms with E-state index in [9.17, 15) is 4.79 Å². The van der Waals surface area contributed by atoms with Gasteiger partial charge in [-0.3, -0.25) is 9.69 Å². The Bertz CT molecular complexity index is 833. The number of aromatic nitrogens is 1. The van der Waals surface area contributed by atoms with Crippen LogP contribution < -0.4 is 9.47 Å². The van der Waals surface area contributed by atoms with Gasteiger partial charge in [0.2, 0.25) is 11.8 Å². The second-order valence-electron chi connectivity index (χ2n) is 7.34. The molecule has 0 saturated carbocycles. The number of nitrogens with zero attached hydrogens (tertiary/aromatic N) is 3. The zero-order valence-corrected chi connectivity index (χ0v) is 17.2. The highest BCUT2D eigenvalue weighted by molar-refractivity contribution is 5.96. The number of methoxy groups -OCH3 is 2. The van der Waals surface area contributed by atoms with Crippen molar-refractivity contribution in [2.75, 3.05) is 40.9 Å². The summed E-state index contributed by atoms with van der Waals surface area (Å²) in [6, 6.07) is 14.4. The Hall–Kier alpha value is -2.31. The fourth-order valence-corrected chi connectivity index (χ4v) is 4.60. The van der Waals surface area contributed by atoms with Gasteiger partial charge in [0.05, 0.1) is 14.2 Å². The molecule has 0 radical (unpaired) electrons. The van der Waals surface area contributed by atoms with Gasteiger partial charge in [0.1, 0.15) is 5.56 Å². The number of hydrogen-bond donors (Lipinski definition) is 0. The van der Waals surface area contributed by atoms with Crippen LogP contribution in [0.15, 0.2) is 42.5 Å². The average molecular weight is 404 g/mol. The number of rotatable bonds is 4. The third-order valence-corrected chi connectivity index (χ3v) is 5.79. The topological polar surface area (TPSA) is 54.9 Å². The minimum Gasteiger partial charge on any atom is -0.481 e. The van der Waals surface area contributed by atoms with Crippen LogP contribution in [0.4, 0.5) is 0 Å². The van der Waals surface area contributed by atoms with E-state index in [1.807, 2.05) is 11.0 Å². The molecule has 0 bridgehead atoms. The van der Waals surface area contributed by atoms with Gasteiger partial charge in [0, 0.05) is 37.7 Å². The summed E-state index contributed by atoms with van der Waals surface area (Å²) in [7, 11) is 5.25. The van der Waals surface area contributed by atoms with E-state index in [-0.39, 0.29) is 18.3 Å². The Labute approximate surface area is 171 Å². The van der Waals surface area contributed by atoms with E-state index in [4.69, 9.17) is 9.47 Å². The minimum absolute atomic E-state index is 0. The van der Waals surface area contributed by atoms with Gasteiger partial charge >= 0.3 is 0 Å². The van der Waals surface area contributed by atoms with Crippen molar-refractivity contribution in [3.63, 3.8) is 0 Å². The number of likely N-dealkylation sites (tertiary alicyclic amines) is 2. The molecule has 1 aromatic heterocycles. The number of benzene rings is 1. The lowest BCUT2D eigenvalue weighted by atomic mass is 9.90. The van der Waals surface area contributed by atoms with Gasteiger partial charge in [-0.25, -0.2) is 0 Å². The lowest BCUT2D eigenvalue weighted by Crippen LogP contribution is -2.33. The van der Waals surface area contributed by atoms with Gasteiger partial charge in [0.25, 0.3) is 5.91 Å². The van der Waals surface area contributed by atoms with Crippen LogP contribution in [0.25, 0.3) is 0 Å². The molecule has 2 aromatic rings. The normalized spacial score (nSPS) is 23.8. The highest BCUT2D eigenvalue weighted by Gasteiger charge is 2.47. The summed E-state index contributed by atoms with van der Waals surface area (Å²) in [5, 5.41) is 0. The van der Waals surface area contributed by atoms with Gasteiger partial charge in [-0.2, -0.15) is 4.98 Å². The maximum atomic E-state index is 13.1. The summed E-state index contributed by atoms with van der Waals surface area (Å²) in [5.74, 6) is 1.66. The highest BCUT2D eigenvalue weighted by atomic mass is 35.5. The standard InChI is InChI=1S/C21H25N3O3.ClH/c1-23-11-15-12-24(13-17(15)19(23)14-7-5-4-6-8-14)21(25)16-9-10-18(26-2)22-20(16)27-3;/h4-10,15,17,19H,11-13H2,1-3H3;1H/t15-,17+,19-;/m0./s1. The number of amides is 1. The molecule has 0 aliphatic carbocycles. The predicted molar refractivity (Wildman–Crippen MR) is 109 cm³/mol. The number of fused-ring (bicyclic) bond motifs is 1. The van der Waals surface area contributed by atoms with Crippen LogP contribution in [0.3, 0.4) is 0 Å². The summed E-state index contributed by atoms with van der Waals surface area (Å²) in [4.78, 5) is 21.7. The van der Waals surface area contributed by atoms with Gasteiger partial charge in [-0.05, 0) is 24.6 Å². The zero-order chi connectivity index (χ0) is 19.0. The molecule has 1 amide bonds. The molecule has 2 aliphatic rings. The smallest absolute Gasteiger partial charge is 0.259 e. The monoisotopic (exact) mass is 403 g/mol. The van der Waals surface area contributed by atoms with Crippen molar-refractivity contribution in [2.24, 2.45) is 11.8 Å². The van der Waals surface area contributed by atoms with Gasteiger partial charge in [-0.1, -0.05) is 30.3 Å². The van der Waals surface area contributed by atoms with Crippen LogP contribution in [0.1, 0.15) is 22.0 Å². The van der Waals surface area contributed by atoms with E-state index >= 15 is 0 Å². The second kappa shape index (κ2) is 8.37. The Kier molecular flexibility index (Phi) is 6.10. The molecule has 2 saturated heterocycles. The number of pyridine rings is 1. The molecule has 3 heterocycles. The summed E-state index contributed by atoms with van der Waals surface area (Å²) < 4.78 is 10.5. The van der Waals surface area contributed by atoms with Crippen LogP contribution in [0.5, 0.6) is 11.8 Å². The van der Waals surface area contributed by atoms with Gasteiger partial charge in [0.15, 0.2) is 0 Å². The van der Waals surface area contributed by atoms with Crippen molar-refractivity contribution in [1.29, 1.82) is 0 Å². The summed E-state index contributed by atoms with van der Waals surface area (Å²) >= 11 is 0. The average Bonchev–Trinajstić information content (AvgIpc) is 3.24. The van der Waals surface area contributed by atoms with E-state index in [1.54, 1.807) is 19.2 Å². The SMILES string of the molecule is COc1ccc(C(=O)N2C[C@@H]3CN(C)[C@@H](c4ccccc4)[C@@H]3C2)c(OC)n1.Cl. The third kappa shape index (κ3) is 3.54. The van der Waals surface area contributed by atoms with E-state index in [0.29, 0.717) is 35.2 Å². The van der Waals surface area contributed by atoms with Crippen molar-refractivity contribution in [1.82, 2.24) is 14.8 Å². The van der Waals surface area contributed by atoms with Crippen molar-refractivity contribution in [3.8, 4) is 11.8 Å². The number of carbonyl (C=O) groups is 1. The molecule has 28 heavy (non-hydrogen) atoms. The van der Waals surface area contributed by atoms with E-state index in [0.717, 1.165) is 19.6 Å². The fourth-order valence-electron chi connectivity index (χ4n) is 4.60. The van der Waals surface area contributed by atoms with Crippen molar-refractivity contribution < 1.29 is 14.3 Å². The first-order valence-corrected chi connectivity index (χ1v) is 9.26. The summed E-state index contributed by atoms with van der Waals surface area (Å²) in [5.41, 5.74) is 1.81. The molecular weight excluding hydrogens is 378 g/mol. The fraction of sp³-hybridized carbons (Fsp3) is 0.429. The van der Waals surface area contributed by atoms with Crippen LogP contribution >= 0.6 is 12.4 Å². The number of halogens is 1. The van der Waals surface area contributed by atoms with Gasteiger partial charge < -0.3 is 14.4 Å². The van der Waals surface area contributed by atoms with Gasteiger partial charge in [-0.15, -0.1) is 12.4 Å². The molecule has 0 N–H and O–H groups in total. The molecule has 1 aromatic carbocycles. The third-order valence-electron chi connectivity index (χ3n) is 5.79. The first-order valence-electron chi connectivity index (χ1n) is 9.26. The Morgan fingerprint density at radius 2 is 1.79 bits per heavy atom. The molecule has 2 aliphatic heterocycles. The van der Waals surface area contributed by atoms with E-state index in [1.165, 1.54) is 12.7 Å². The Morgan fingerprint density at radius 1 is 1.04 bits per heavy atom. The van der Waals surface area contributed by atoms with Crippen molar-refractivity contribution >= 4 is 18.3 Å². The minimum atomic E-state index is -0.0223. The molecule has 7 heteroatoms. The molecule has 150 valence electrons. The maximum Gasteiger partial charge on any atom is 0.259 e. The van der Waals surface area contributed by atoms with Crippen molar-refractivity contribution in [2.45, 2.75) is 6.04 Å². The quantitative estimate of drug-likeness (QED) is 0.785. The molecular formula is C21H26ClN3O3. The number of hydrogen-bond acceptors (Lipinski definition) is 5. The van der Waals surface area contributed by atoms with Crippen molar-refractivity contribution in [3.05, 3.63) is 53.6 Å². The largest absolute Gasteiger partial charge is 0.481 e. The highest BCUT2D eigenvalue weighted by Crippen LogP contribution is 2.44. The first kappa shape index (κ1) is 20.4. The molecule has 0 unspecified atom stereocenters. The Balaban J connectivity index is 0.00000225. The molecule has 3 atom stereocenters.